The number of hydrogen-bond acceptors (Lipinski definition) is 4. The second-order valence-corrected chi connectivity index (χ2v) is 4.89. The van der Waals surface area contributed by atoms with Gasteiger partial charge in [-0.2, -0.15) is 0 Å². The number of rotatable bonds is 4. The van der Waals surface area contributed by atoms with Crippen LogP contribution in [0.3, 0.4) is 0 Å². The van der Waals surface area contributed by atoms with Crippen molar-refractivity contribution in [2.75, 3.05) is 0 Å². The van der Waals surface area contributed by atoms with Gasteiger partial charge in [0.1, 0.15) is 4.99 Å². The van der Waals surface area contributed by atoms with Gasteiger partial charge in [0.2, 0.25) is 0 Å². The predicted octanol–water partition coefficient (Wildman–Crippen LogP) is 1.66. The molecule has 6 heteroatoms. The van der Waals surface area contributed by atoms with E-state index in [0.29, 0.717) is 11.5 Å². The molecule has 0 aliphatic carbocycles. The van der Waals surface area contributed by atoms with E-state index in [4.69, 9.17) is 18.0 Å². The van der Waals surface area contributed by atoms with Crippen LogP contribution in [0.2, 0.25) is 0 Å². The molecule has 0 radical (unpaired) electrons. The quantitative estimate of drug-likeness (QED) is 0.509. The summed E-state index contributed by atoms with van der Waals surface area (Å²) in [6.45, 7) is 0.331. The summed E-state index contributed by atoms with van der Waals surface area (Å²) in [6, 6.07) is 11.1. The lowest BCUT2D eigenvalue weighted by Crippen LogP contribution is -2.22. The summed E-state index contributed by atoms with van der Waals surface area (Å²) in [5.41, 5.74) is 7.44. The van der Waals surface area contributed by atoms with Crippen molar-refractivity contribution in [2.24, 2.45) is 5.73 Å². The van der Waals surface area contributed by atoms with Gasteiger partial charge in [-0.1, -0.05) is 36.5 Å². The van der Waals surface area contributed by atoms with Crippen LogP contribution in [-0.4, -0.2) is 21.1 Å². The lowest BCUT2D eigenvalue weighted by atomic mass is 10.1. The molecular formula is C15H14N2O3S. The van der Waals surface area contributed by atoms with Gasteiger partial charge in [-0.05, 0) is 23.8 Å². The smallest absolute Gasteiger partial charge is 0.251 e. The number of phenols is 2. The van der Waals surface area contributed by atoms with Crippen LogP contribution in [0.5, 0.6) is 11.5 Å². The summed E-state index contributed by atoms with van der Waals surface area (Å²) in [5.74, 6) is -0.938. The Labute approximate surface area is 127 Å². The highest BCUT2D eigenvalue weighted by Gasteiger charge is 2.08. The fourth-order valence-electron chi connectivity index (χ4n) is 1.74. The van der Waals surface area contributed by atoms with Gasteiger partial charge in [0.15, 0.2) is 11.5 Å². The van der Waals surface area contributed by atoms with Crippen LogP contribution in [0.25, 0.3) is 0 Å². The Morgan fingerprint density at radius 1 is 1.05 bits per heavy atom. The number of thiocarbonyl (C=S) groups is 1. The maximum atomic E-state index is 11.9. The summed E-state index contributed by atoms with van der Waals surface area (Å²) >= 11 is 4.86. The highest BCUT2D eigenvalue weighted by molar-refractivity contribution is 7.80. The molecule has 0 bridgehead atoms. The standard InChI is InChI=1S/C15H14N2O3S/c16-14(21)10-3-1-9(2-4-10)8-17-15(20)11-5-6-12(18)13(19)7-11/h1-7,18-19H,8H2,(H2,16,21)(H,17,20). The third-order valence-electron chi connectivity index (χ3n) is 2.93. The lowest BCUT2D eigenvalue weighted by Gasteiger charge is -2.07. The van der Waals surface area contributed by atoms with Gasteiger partial charge >= 0.3 is 0 Å². The minimum atomic E-state index is -0.344. The molecule has 2 aromatic carbocycles. The molecule has 0 atom stereocenters. The van der Waals surface area contributed by atoms with Crippen LogP contribution in [0.15, 0.2) is 42.5 Å². The Balaban J connectivity index is 2.00. The zero-order chi connectivity index (χ0) is 15.4. The van der Waals surface area contributed by atoms with Crippen molar-refractivity contribution in [3.63, 3.8) is 0 Å². The monoisotopic (exact) mass is 302 g/mol. The zero-order valence-corrected chi connectivity index (χ0v) is 11.9. The molecule has 0 unspecified atom stereocenters. The number of carbonyl (C=O) groups is 1. The van der Waals surface area contributed by atoms with E-state index in [9.17, 15) is 15.0 Å². The van der Waals surface area contributed by atoms with Crippen molar-refractivity contribution in [3.8, 4) is 11.5 Å². The largest absolute Gasteiger partial charge is 0.504 e. The fraction of sp³-hybridized carbons (Fsp3) is 0.0667. The van der Waals surface area contributed by atoms with Crippen LogP contribution < -0.4 is 11.1 Å². The van der Waals surface area contributed by atoms with Crippen LogP contribution in [0, 0.1) is 0 Å². The Morgan fingerprint density at radius 3 is 2.24 bits per heavy atom. The highest BCUT2D eigenvalue weighted by Crippen LogP contribution is 2.24. The first-order valence-corrected chi connectivity index (χ1v) is 6.57. The van der Waals surface area contributed by atoms with Crippen molar-refractivity contribution in [2.45, 2.75) is 6.54 Å². The second-order valence-electron chi connectivity index (χ2n) is 4.45. The predicted molar refractivity (Wildman–Crippen MR) is 83.3 cm³/mol. The maximum Gasteiger partial charge on any atom is 0.251 e. The number of carbonyl (C=O) groups excluding carboxylic acids is 1. The van der Waals surface area contributed by atoms with Gasteiger partial charge in [-0.15, -0.1) is 0 Å². The van der Waals surface area contributed by atoms with Crippen LogP contribution >= 0.6 is 12.2 Å². The first-order chi connectivity index (χ1) is 9.97. The zero-order valence-electron chi connectivity index (χ0n) is 11.0. The normalized spacial score (nSPS) is 10.1. The molecule has 0 heterocycles. The second kappa shape index (κ2) is 6.23. The molecule has 1 amide bonds. The van der Waals surface area contributed by atoms with Gasteiger partial charge in [0.05, 0.1) is 0 Å². The molecular weight excluding hydrogens is 288 g/mol. The Kier molecular flexibility index (Phi) is 4.39. The van der Waals surface area contributed by atoms with Gasteiger partial charge in [0.25, 0.3) is 5.91 Å². The van der Waals surface area contributed by atoms with E-state index in [1.54, 1.807) is 12.1 Å². The lowest BCUT2D eigenvalue weighted by molar-refractivity contribution is 0.0950. The van der Waals surface area contributed by atoms with Crippen molar-refractivity contribution in [3.05, 3.63) is 59.2 Å². The third-order valence-corrected chi connectivity index (χ3v) is 3.16. The highest BCUT2D eigenvalue weighted by atomic mass is 32.1. The third kappa shape index (κ3) is 3.70. The van der Waals surface area contributed by atoms with Crippen LogP contribution in [0.4, 0.5) is 0 Å². The number of aromatic hydroxyl groups is 2. The number of amides is 1. The van der Waals surface area contributed by atoms with E-state index >= 15 is 0 Å². The molecule has 5 N–H and O–H groups in total. The molecule has 0 spiro atoms. The summed E-state index contributed by atoms with van der Waals surface area (Å²) in [4.78, 5) is 12.2. The SMILES string of the molecule is NC(=S)c1ccc(CNC(=O)c2ccc(O)c(O)c2)cc1. The molecule has 108 valence electrons. The maximum absolute atomic E-state index is 11.9. The van der Waals surface area contributed by atoms with E-state index < -0.39 is 0 Å². The average Bonchev–Trinajstić information content (AvgIpc) is 2.48. The number of hydrogen-bond donors (Lipinski definition) is 4. The van der Waals surface area contributed by atoms with E-state index in [0.717, 1.165) is 11.1 Å². The molecule has 21 heavy (non-hydrogen) atoms. The topological polar surface area (TPSA) is 95.6 Å². The van der Waals surface area contributed by atoms with Gasteiger partial charge in [-0.25, -0.2) is 0 Å². The summed E-state index contributed by atoms with van der Waals surface area (Å²) in [6.07, 6.45) is 0. The van der Waals surface area contributed by atoms with E-state index in [-0.39, 0.29) is 23.0 Å². The van der Waals surface area contributed by atoms with Crippen molar-refractivity contribution < 1.29 is 15.0 Å². The fourth-order valence-corrected chi connectivity index (χ4v) is 1.87. The molecule has 0 aromatic heterocycles. The van der Waals surface area contributed by atoms with E-state index in [1.165, 1.54) is 18.2 Å². The van der Waals surface area contributed by atoms with Crippen molar-refractivity contribution >= 4 is 23.1 Å². The Bertz CT molecular complexity index is 684. The molecule has 0 aliphatic rings. The van der Waals surface area contributed by atoms with Gasteiger partial charge in [-0.3, -0.25) is 4.79 Å². The number of nitrogens with one attached hydrogen (secondary N) is 1. The van der Waals surface area contributed by atoms with Crippen LogP contribution in [-0.2, 0) is 6.54 Å². The molecule has 0 saturated heterocycles. The minimum absolute atomic E-state index is 0.264. The first-order valence-electron chi connectivity index (χ1n) is 6.16. The Morgan fingerprint density at radius 2 is 1.67 bits per heavy atom. The summed E-state index contributed by atoms with van der Waals surface area (Å²) < 4.78 is 0. The summed E-state index contributed by atoms with van der Waals surface area (Å²) in [7, 11) is 0. The van der Waals surface area contributed by atoms with Gasteiger partial charge in [0, 0.05) is 17.7 Å². The molecule has 5 nitrogen and oxygen atoms in total. The number of benzene rings is 2. The van der Waals surface area contributed by atoms with Crippen molar-refractivity contribution in [1.82, 2.24) is 5.32 Å². The molecule has 0 saturated carbocycles. The summed E-state index contributed by atoms with van der Waals surface area (Å²) in [5, 5.41) is 21.3. The first kappa shape index (κ1) is 14.8. The van der Waals surface area contributed by atoms with E-state index in [1.807, 2.05) is 12.1 Å². The molecule has 0 aliphatic heterocycles. The van der Waals surface area contributed by atoms with Gasteiger partial charge < -0.3 is 21.3 Å². The molecule has 2 aromatic rings. The van der Waals surface area contributed by atoms with Crippen LogP contribution in [0.1, 0.15) is 21.5 Å². The molecule has 2 rings (SSSR count). The van der Waals surface area contributed by atoms with Crippen molar-refractivity contribution in [1.29, 1.82) is 0 Å². The number of nitrogens with two attached hydrogens (primary N) is 1. The Hall–Kier alpha value is -2.60. The number of phenolic OH excluding ortho intramolecular Hbond substituents is 2. The molecule has 0 fully saturated rings. The average molecular weight is 302 g/mol. The minimum Gasteiger partial charge on any atom is -0.504 e. The van der Waals surface area contributed by atoms with E-state index in [2.05, 4.69) is 5.32 Å².